The second kappa shape index (κ2) is 8.11. The van der Waals surface area contributed by atoms with E-state index in [0.29, 0.717) is 12.2 Å². The number of aromatic nitrogens is 2. The first-order chi connectivity index (χ1) is 14.4. The molecule has 30 heavy (non-hydrogen) atoms. The van der Waals surface area contributed by atoms with Gasteiger partial charge in [0.15, 0.2) is 5.82 Å². The topological polar surface area (TPSA) is 89.1 Å². The van der Waals surface area contributed by atoms with Crippen molar-refractivity contribution in [3.05, 3.63) is 77.0 Å². The zero-order valence-corrected chi connectivity index (χ0v) is 17.2. The van der Waals surface area contributed by atoms with Crippen LogP contribution in [-0.4, -0.2) is 21.0 Å². The number of carbonyl (C=O) groups is 1. The van der Waals surface area contributed by atoms with Gasteiger partial charge in [-0.05, 0) is 60.6 Å². The number of pyridine rings is 2. The zero-order chi connectivity index (χ0) is 21.3. The molecule has 0 amide bonds. The van der Waals surface area contributed by atoms with Crippen LogP contribution in [0.5, 0.6) is 0 Å². The standard InChI is InChI=1S/C25H25N3O2/c1-15-3-10-20-21-13-19(14-27-23(21)24(26)28-22(20)11-15)9-6-17-4-7-18(8-5-17)12-16(2)25(29)30/h3-5,7-8,10-11,13-14,16H,6,9,12H2,1-2H3,(H2,26,28)(H,29,30). The number of carboxylic acids is 1. The highest BCUT2D eigenvalue weighted by Crippen LogP contribution is 2.28. The number of fused-ring (bicyclic) bond motifs is 3. The van der Waals surface area contributed by atoms with Crippen LogP contribution in [0.2, 0.25) is 0 Å². The number of nitrogens with two attached hydrogens (primary N) is 1. The van der Waals surface area contributed by atoms with E-state index in [2.05, 4.69) is 40.3 Å². The highest BCUT2D eigenvalue weighted by molar-refractivity contribution is 6.08. The molecular weight excluding hydrogens is 374 g/mol. The SMILES string of the molecule is Cc1ccc2c(c1)nc(N)c1ncc(CCc3ccc(CC(C)C(=O)O)cc3)cc12. The number of aliphatic carboxylic acids is 1. The summed E-state index contributed by atoms with van der Waals surface area (Å²) in [7, 11) is 0. The van der Waals surface area contributed by atoms with Crippen LogP contribution in [0, 0.1) is 12.8 Å². The molecule has 0 aliphatic heterocycles. The highest BCUT2D eigenvalue weighted by Gasteiger charge is 2.12. The Balaban J connectivity index is 1.54. The number of hydrogen-bond donors (Lipinski definition) is 2. The van der Waals surface area contributed by atoms with Crippen molar-refractivity contribution in [3.8, 4) is 0 Å². The molecule has 1 unspecified atom stereocenters. The van der Waals surface area contributed by atoms with Crippen molar-refractivity contribution in [1.82, 2.24) is 9.97 Å². The van der Waals surface area contributed by atoms with Crippen molar-refractivity contribution >= 4 is 33.6 Å². The fourth-order valence-electron chi connectivity index (χ4n) is 3.77. The molecule has 5 nitrogen and oxygen atoms in total. The van der Waals surface area contributed by atoms with E-state index < -0.39 is 5.97 Å². The third-order valence-electron chi connectivity index (χ3n) is 5.56. The van der Waals surface area contributed by atoms with Crippen molar-refractivity contribution in [2.24, 2.45) is 5.92 Å². The Morgan fingerprint density at radius 3 is 2.43 bits per heavy atom. The summed E-state index contributed by atoms with van der Waals surface area (Å²) in [5, 5.41) is 11.2. The Morgan fingerprint density at radius 2 is 1.70 bits per heavy atom. The van der Waals surface area contributed by atoms with Gasteiger partial charge in [0.25, 0.3) is 0 Å². The van der Waals surface area contributed by atoms with Crippen LogP contribution in [0.1, 0.15) is 29.2 Å². The van der Waals surface area contributed by atoms with Gasteiger partial charge in [-0.25, -0.2) is 4.98 Å². The molecule has 3 N–H and O–H groups in total. The van der Waals surface area contributed by atoms with Crippen molar-refractivity contribution in [1.29, 1.82) is 0 Å². The Kier molecular flexibility index (Phi) is 5.36. The van der Waals surface area contributed by atoms with E-state index in [1.165, 1.54) is 5.56 Å². The van der Waals surface area contributed by atoms with E-state index in [4.69, 9.17) is 10.8 Å². The molecule has 2 aromatic carbocycles. The number of anilines is 1. The number of nitrogens with zero attached hydrogens (tertiary/aromatic N) is 2. The molecule has 2 aromatic heterocycles. The molecule has 0 aliphatic carbocycles. The lowest BCUT2D eigenvalue weighted by Gasteiger charge is -2.10. The maximum atomic E-state index is 11.0. The Labute approximate surface area is 175 Å². The predicted molar refractivity (Wildman–Crippen MR) is 121 cm³/mol. The van der Waals surface area contributed by atoms with Gasteiger partial charge in [0.1, 0.15) is 5.52 Å². The van der Waals surface area contributed by atoms with E-state index in [9.17, 15) is 4.79 Å². The van der Waals surface area contributed by atoms with Crippen molar-refractivity contribution < 1.29 is 9.90 Å². The van der Waals surface area contributed by atoms with Crippen molar-refractivity contribution in [2.75, 3.05) is 5.73 Å². The first kappa shape index (κ1) is 19.8. The molecule has 4 rings (SSSR count). The minimum absolute atomic E-state index is 0.375. The lowest BCUT2D eigenvalue weighted by molar-refractivity contribution is -0.141. The monoisotopic (exact) mass is 399 g/mol. The molecule has 0 saturated heterocycles. The minimum Gasteiger partial charge on any atom is -0.481 e. The van der Waals surface area contributed by atoms with Gasteiger partial charge in [0, 0.05) is 17.0 Å². The number of benzene rings is 2. The largest absolute Gasteiger partial charge is 0.481 e. The summed E-state index contributed by atoms with van der Waals surface area (Å²) < 4.78 is 0. The Hall–Kier alpha value is -3.47. The van der Waals surface area contributed by atoms with E-state index in [0.717, 1.165) is 51.3 Å². The van der Waals surface area contributed by atoms with E-state index >= 15 is 0 Å². The molecule has 1 atom stereocenters. The average Bonchev–Trinajstić information content (AvgIpc) is 2.73. The first-order valence-corrected chi connectivity index (χ1v) is 10.2. The third-order valence-corrected chi connectivity index (χ3v) is 5.56. The Morgan fingerprint density at radius 1 is 1.00 bits per heavy atom. The van der Waals surface area contributed by atoms with Crippen LogP contribution in [0.4, 0.5) is 5.82 Å². The number of nitrogen functional groups attached to an aromatic ring is 1. The van der Waals surface area contributed by atoms with Gasteiger partial charge in [-0.2, -0.15) is 0 Å². The van der Waals surface area contributed by atoms with Crippen LogP contribution in [0.3, 0.4) is 0 Å². The van der Waals surface area contributed by atoms with Gasteiger partial charge in [-0.15, -0.1) is 0 Å². The van der Waals surface area contributed by atoms with Gasteiger partial charge >= 0.3 is 5.97 Å². The Bertz CT molecular complexity index is 1230. The summed E-state index contributed by atoms with van der Waals surface area (Å²) in [4.78, 5) is 20.1. The summed E-state index contributed by atoms with van der Waals surface area (Å²) in [6.45, 7) is 3.78. The number of rotatable bonds is 6. The van der Waals surface area contributed by atoms with Crippen molar-refractivity contribution in [3.63, 3.8) is 0 Å². The van der Waals surface area contributed by atoms with E-state index in [1.807, 2.05) is 31.3 Å². The second-order valence-corrected chi connectivity index (χ2v) is 8.02. The molecule has 0 radical (unpaired) electrons. The van der Waals surface area contributed by atoms with Gasteiger partial charge in [0.2, 0.25) is 0 Å². The average molecular weight is 399 g/mol. The molecule has 0 bridgehead atoms. The molecule has 0 aliphatic rings. The van der Waals surface area contributed by atoms with Gasteiger partial charge in [-0.1, -0.05) is 43.3 Å². The summed E-state index contributed by atoms with van der Waals surface area (Å²) in [6, 6.07) is 16.6. The first-order valence-electron chi connectivity index (χ1n) is 10.2. The highest BCUT2D eigenvalue weighted by atomic mass is 16.4. The zero-order valence-electron chi connectivity index (χ0n) is 17.2. The summed E-state index contributed by atoms with van der Waals surface area (Å²) in [6.07, 6.45) is 4.18. The second-order valence-electron chi connectivity index (χ2n) is 8.02. The minimum atomic E-state index is -0.763. The van der Waals surface area contributed by atoms with E-state index in [-0.39, 0.29) is 5.92 Å². The maximum absolute atomic E-state index is 11.0. The normalized spacial score (nSPS) is 12.3. The van der Waals surface area contributed by atoms with Crippen LogP contribution in [0.25, 0.3) is 21.8 Å². The predicted octanol–water partition coefficient (Wildman–Crippen LogP) is 4.72. The molecular formula is C25H25N3O2. The van der Waals surface area contributed by atoms with Crippen LogP contribution in [0.15, 0.2) is 54.7 Å². The molecule has 2 heterocycles. The van der Waals surface area contributed by atoms with Gasteiger partial charge < -0.3 is 10.8 Å². The molecule has 0 saturated carbocycles. The fraction of sp³-hybridized carbons (Fsp3) is 0.240. The van der Waals surface area contributed by atoms with Crippen LogP contribution in [-0.2, 0) is 24.1 Å². The molecule has 0 spiro atoms. The number of hydrogen-bond acceptors (Lipinski definition) is 4. The quantitative estimate of drug-likeness (QED) is 0.458. The lowest BCUT2D eigenvalue weighted by Crippen LogP contribution is -2.12. The van der Waals surface area contributed by atoms with Crippen LogP contribution < -0.4 is 5.73 Å². The van der Waals surface area contributed by atoms with E-state index in [1.54, 1.807) is 6.92 Å². The lowest BCUT2D eigenvalue weighted by atomic mass is 9.98. The molecule has 0 fully saturated rings. The summed E-state index contributed by atoms with van der Waals surface area (Å²) in [5.74, 6) is -0.678. The van der Waals surface area contributed by atoms with Gasteiger partial charge in [0.05, 0.1) is 11.4 Å². The van der Waals surface area contributed by atoms with Crippen molar-refractivity contribution in [2.45, 2.75) is 33.1 Å². The number of aryl methyl sites for hydroxylation is 3. The maximum Gasteiger partial charge on any atom is 0.306 e. The van der Waals surface area contributed by atoms with Crippen LogP contribution >= 0.6 is 0 Å². The summed E-state index contributed by atoms with van der Waals surface area (Å²) >= 11 is 0. The fourth-order valence-corrected chi connectivity index (χ4v) is 3.77. The smallest absolute Gasteiger partial charge is 0.306 e. The van der Waals surface area contributed by atoms with Gasteiger partial charge in [-0.3, -0.25) is 9.78 Å². The molecule has 5 heteroatoms. The molecule has 4 aromatic rings. The number of carboxylic acid groups (broad SMARTS) is 1. The third kappa shape index (κ3) is 4.10. The molecule has 152 valence electrons. The summed E-state index contributed by atoms with van der Waals surface area (Å²) in [5.41, 5.74) is 12.3.